The standard InChI is InChI=1S/C26H25N5O3S/c27-15-16-9-11-17(12-10-16)22(24(33)25-29-18-5-1-2-8-21(18)35-25)30-26(34)31-14-4-7-20(31)23(32)19-6-3-13-28-19/h1-3,5-6,8-13,20,22,28H,4,7,14-15,27H2,(H,30,34). The Kier molecular flexibility index (Phi) is 6.43. The van der Waals surface area contributed by atoms with Crippen LogP contribution >= 0.6 is 11.3 Å². The van der Waals surface area contributed by atoms with Gasteiger partial charge in [-0.25, -0.2) is 9.78 Å². The van der Waals surface area contributed by atoms with E-state index in [0.29, 0.717) is 42.2 Å². The van der Waals surface area contributed by atoms with Crippen molar-refractivity contribution in [3.8, 4) is 0 Å². The molecule has 0 radical (unpaired) electrons. The summed E-state index contributed by atoms with van der Waals surface area (Å²) in [5, 5.41) is 3.22. The Morgan fingerprint density at radius 3 is 2.63 bits per heavy atom. The Morgan fingerprint density at radius 1 is 1.11 bits per heavy atom. The zero-order chi connectivity index (χ0) is 24.4. The lowest BCUT2D eigenvalue weighted by Gasteiger charge is -2.26. The summed E-state index contributed by atoms with van der Waals surface area (Å²) < 4.78 is 0.899. The number of H-pyrrole nitrogens is 1. The van der Waals surface area contributed by atoms with E-state index in [9.17, 15) is 14.4 Å². The molecule has 9 heteroatoms. The van der Waals surface area contributed by atoms with E-state index < -0.39 is 18.1 Å². The highest BCUT2D eigenvalue weighted by Crippen LogP contribution is 2.28. The number of hydrogen-bond donors (Lipinski definition) is 3. The second-order valence-corrected chi connectivity index (χ2v) is 9.51. The monoisotopic (exact) mass is 487 g/mol. The van der Waals surface area contributed by atoms with Crippen molar-refractivity contribution in [2.75, 3.05) is 6.54 Å². The van der Waals surface area contributed by atoms with Gasteiger partial charge < -0.3 is 20.9 Å². The van der Waals surface area contributed by atoms with E-state index in [2.05, 4.69) is 15.3 Å². The van der Waals surface area contributed by atoms with Crippen molar-refractivity contribution in [2.45, 2.75) is 31.5 Å². The molecule has 1 saturated heterocycles. The van der Waals surface area contributed by atoms with Crippen molar-refractivity contribution in [3.05, 3.63) is 88.7 Å². The lowest BCUT2D eigenvalue weighted by atomic mass is 10.0. The number of amides is 2. The lowest BCUT2D eigenvalue weighted by molar-refractivity contribution is 0.0875. The molecule has 0 aliphatic carbocycles. The maximum atomic E-state index is 13.6. The van der Waals surface area contributed by atoms with Crippen LogP contribution in [0.3, 0.4) is 0 Å². The van der Waals surface area contributed by atoms with E-state index in [0.717, 1.165) is 15.8 Å². The van der Waals surface area contributed by atoms with Crippen molar-refractivity contribution >= 4 is 39.2 Å². The number of carbonyl (C=O) groups excluding carboxylic acids is 3. The molecule has 2 unspecified atom stereocenters. The third kappa shape index (κ3) is 4.60. The molecular formula is C26H25N5O3S. The number of nitrogens with one attached hydrogen (secondary N) is 2. The van der Waals surface area contributed by atoms with Crippen LogP contribution in [0.15, 0.2) is 66.9 Å². The number of likely N-dealkylation sites (tertiary alicyclic amines) is 1. The minimum Gasteiger partial charge on any atom is -0.359 e. The number of aromatic amines is 1. The van der Waals surface area contributed by atoms with E-state index >= 15 is 0 Å². The largest absolute Gasteiger partial charge is 0.359 e. The summed E-state index contributed by atoms with van der Waals surface area (Å²) in [5.74, 6) is -0.435. The molecule has 0 bridgehead atoms. The number of fused-ring (bicyclic) bond motifs is 1. The molecule has 3 heterocycles. The highest BCUT2D eigenvalue weighted by atomic mass is 32.1. The molecule has 4 N–H and O–H groups in total. The van der Waals surface area contributed by atoms with E-state index in [1.165, 1.54) is 16.2 Å². The fourth-order valence-electron chi connectivity index (χ4n) is 4.40. The topological polar surface area (TPSA) is 121 Å². The third-order valence-electron chi connectivity index (χ3n) is 6.26. The van der Waals surface area contributed by atoms with Crippen molar-refractivity contribution in [1.29, 1.82) is 0 Å². The molecule has 178 valence electrons. The van der Waals surface area contributed by atoms with Gasteiger partial charge in [-0.3, -0.25) is 9.59 Å². The van der Waals surface area contributed by atoms with Crippen LogP contribution in [0.25, 0.3) is 10.2 Å². The van der Waals surface area contributed by atoms with Gasteiger partial charge >= 0.3 is 6.03 Å². The second-order valence-electron chi connectivity index (χ2n) is 8.48. The SMILES string of the molecule is NCc1ccc(C(NC(=O)N2CCCC2C(=O)c2ccc[nH]2)C(=O)c2nc3ccccc3s2)cc1. The molecule has 1 aliphatic heterocycles. The Balaban J connectivity index is 1.43. The molecule has 0 spiro atoms. The molecule has 2 aromatic heterocycles. The molecule has 35 heavy (non-hydrogen) atoms. The summed E-state index contributed by atoms with van der Waals surface area (Å²) in [5.41, 5.74) is 8.48. The molecule has 8 nitrogen and oxygen atoms in total. The fraction of sp³-hybridized carbons (Fsp3) is 0.231. The number of aromatic nitrogens is 2. The fourth-order valence-corrected chi connectivity index (χ4v) is 5.33. The number of rotatable bonds is 7. The van der Waals surface area contributed by atoms with Crippen molar-refractivity contribution in [1.82, 2.24) is 20.2 Å². The van der Waals surface area contributed by atoms with Crippen LogP contribution in [0.4, 0.5) is 4.79 Å². The molecular weight excluding hydrogens is 462 g/mol. The van der Waals surface area contributed by atoms with E-state index in [4.69, 9.17) is 5.73 Å². The number of urea groups is 1. The van der Waals surface area contributed by atoms with Crippen LogP contribution in [0, 0.1) is 0 Å². The van der Waals surface area contributed by atoms with Gasteiger partial charge in [-0.05, 0) is 48.2 Å². The Labute approximate surface area is 206 Å². The molecule has 2 amide bonds. The van der Waals surface area contributed by atoms with Crippen LogP contribution in [0.5, 0.6) is 0 Å². The summed E-state index contributed by atoms with van der Waals surface area (Å²) in [6, 6.07) is 16.3. The minimum atomic E-state index is -0.947. The number of thiazole rings is 1. The summed E-state index contributed by atoms with van der Waals surface area (Å²) >= 11 is 1.30. The first-order valence-electron chi connectivity index (χ1n) is 11.5. The van der Waals surface area contributed by atoms with Gasteiger partial charge in [-0.15, -0.1) is 11.3 Å². The highest BCUT2D eigenvalue weighted by Gasteiger charge is 2.37. The smallest absolute Gasteiger partial charge is 0.318 e. The van der Waals surface area contributed by atoms with Crippen LogP contribution in [-0.2, 0) is 6.54 Å². The van der Waals surface area contributed by atoms with Gasteiger partial charge in [0.05, 0.1) is 22.0 Å². The van der Waals surface area contributed by atoms with Gasteiger partial charge in [0.1, 0.15) is 6.04 Å². The molecule has 0 saturated carbocycles. The van der Waals surface area contributed by atoms with Gasteiger partial charge in [0.2, 0.25) is 11.6 Å². The zero-order valence-electron chi connectivity index (χ0n) is 18.9. The number of Topliss-reactive ketones (excluding diaryl/α,β-unsaturated/α-hetero) is 2. The molecule has 5 rings (SSSR count). The Hall–Kier alpha value is -3.82. The lowest BCUT2D eigenvalue weighted by Crippen LogP contribution is -2.48. The number of ketones is 2. The number of nitrogens with zero attached hydrogens (tertiary/aromatic N) is 2. The quantitative estimate of drug-likeness (QED) is 0.339. The normalized spacial score (nSPS) is 16.4. The van der Waals surface area contributed by atoms with Gasteiger partial charge in [0.15, 0.2) is 5.01 Å². The zero-order valence-corrected chi connectivity index (χ0v) is 19.8. The molecule has 1 fully saturated rings. The van der Waals surface area contributed by atoms with E-state index in [-0.39, 0.29) is 11.6 Å². The van der Waals surface area contributed by atoms with Crippen molar-refractivity contribution in [2.24, 2.45) is 5.73 Å². The van der Waals surface area contributed by atoms with Crippen LogP contribution in [-0.4, -0.2) is 45.1 Å². The predicted molar refractivity (Wildman–Crippen MR) is 134 cm³/mol. The van der Waals surface area contributed by atoms with Crippen LogP contribution in [0.2, 0.25) is 0 Å². The third-order valence-corrected chi connectivity index (χ3v) is 7.31. The summed E-state index contributed by atoms with van der Waals surface area (Å²) in [6.45, 7) is 0.816. The van der Waals surface area contributed by atoms with Crippen molar-refractivity contribution in [3.63, 3.8) is 0 Å². The summed E-state index contributed by atoms with van der Waals surface area (Å²) in [6.07, 6.45) is 2.98. The van der Waals surface area contributed by atoms with Gasteiger partial charge in [-0.1, -0.05) is 36.4 Å². The number of para-hydroxylation sites is 1. The average molecular weight is 488 g/mol. The van der Waals surface area contributed by atoms with E-state index in [1.54, 1.807) is 30.5 Å². The van der Waals surface area contributed by atoms with Gasteiger partial charge in [0.25, 0.3) is 0 Å². The van der Waals surface area contributed by atoms with Gasteiger partial charge in [-0.2, -0.15) is 0 Å². The first-order valence-corrected chi connectivity index (χ1v) is 12.3. The Morgan fingerprint density at radius 2 is 1.91 bits per heavy atom. The van der Waals surface area contributed by atoms with Crippen LogP contribution < -0.4 is 11.1 Å². The maximum absolute atomic E-state index is 13.6. The molecule has 2 aromatic carbocycles. The van der Waals surface area contributed by atoms with E-state index in [1.807, 2.05) is 36.4 Å². The average Bonchev–Trinajstić information content (AvgIpc) is 3.67. The number of benzene rings is 2. The Bertz CT molecular complexity index is 1330. The van der Waals surface area contributed by atoms with Crippen LogP contribution in [0.1, 0.15) is 50.3 Å². The second kappa shape index (κ2) is 9.81. The van der Waals surface area contributed by atoms with Crippen molar-refractivity contribution < 1.29 is 14.4 Å². The maximum Gasteiger partial charge on any atom is 0.318 e. The number of nitrogens with two attached hydrogens (primary N) is 1. The molecule has 2 atom stereocenters. The first-order chi connectivity index (χ1) is 17.0. The predicted octanol–water partition coefficient (Wildman–Crippen LogP) is 4.06. The van der Waals surface area contributed by atoms with Gasteiger partial charge in [0, 0.05) is 19.3 Å². The molecule has 1 aliphatic rings. The summed E-state index contributed by atoms with van der Waals surface area (Å²) in [7, 11) is 0. The highest BCUT2D eigenvalue weighted by molar-refractivity contribution is 7.20. The first kappa shape index (κ1) is 22.9. The number of hydrogen-bond acceptors (Lipinski definition) is 6. The molecule has 4 aromatic rings. The summed E-state index contributed by atoms with van der Waals surface area (Å²) in [4.78, 5) is 49.0. The number of carbonyl (C=O) groups is 3. The minimum absolute atomic E-state index is 0.135.